The van der Waals surface area contributed by atoms with Gasteiger partial charge < -0.3 is 4.52 Å². The fourth-order valence-electron chi connectivity index (χ4n) is 2.26. The summed E-state index contributed by atoms with van der Waals surface area (Å²) in [4.78, 5) is 14.2. The zero-order chi connectivity index (χ0) is 19.6. The van der Waals surface area contributed by atoms with E-state index in [0.717, 1.165) is 16.4 Å². The fourth-order valence-corrected chi connectivity index (χ4v) is 3.57. The normalized spacial score (nSPS) is 11.7. The van der Waals surface area contributed by atoms with E-state index in [9.17, 15) is 18.5 Å². The lowest BCUT2D eigenvalue weighted by Gasteiger charge is -2.14. The van der Waals surface area contributed by atoms with Crippen molar-refractivity contribution in [3.8, 4) is 11.4 Å². The molecule has 1 heterocycles. The van der Waals surface area contributed by atoms with Crippen LogP contribution < -0.4 is 0 Å². The molecule has 0 radical (unpaired) electrons. The molecule has 11 heteroatoms. The lowest BCUT2D eigenvalue weighted by Crippen LogP contribution is -2.26. The van der Waals surface area contributed by atoms with Gasteiger partial charge >= 0.3 is 0 Å². The van der Waals surface area contributed by atoms with Gasteiger partial charge in [0.15, 0.2) is 0 Å². The largest absolute Gasteiger partial charge is 0.338 e. The molecule has 0 aliphatic rings. The third-order valence-corrected chi connectivity index (χ3v) is 5.72. The molecule has 0 saturated carbocycles. The highest BCUT2D eigenvalue weighted by Gasteiger charge is 2.24. The smallest absolute Gasteiger partial charge is 0.269 e. The summed E-state index contributed by atoms with van der Waals surface area (Å²) in [5.41, 5.74) is 0.443. The highest BCUT2D eigenvalue weighted by molar-refractivity contribution is 7.89. The minimum atomic E-state index is -3.88. The average Bonchev–Trinajstić information content (AvgIpc) is 3.10. The summed E-state index contributed by atoms with van der Waals surface area (Å²) in [6.07, 6.45) is 0. The number of sulfonamides is 1. The SMILES string of the molecule is CN(Cc1nc(-c2cccc(Cl)c2)no1)S(=O)(=O)c1ccc([N+](=O)[O-])cc1. The van der Waals surface area contributed by atoms with Crippen LogP contribution in [0.3, 0.4) is 0 Å². The molecule has 2 aromatic carbocycles. The average molecular weight is 409 g/mol. The van der Waals surface area contributed by atoms with Crippen LogP contribution >= 0.6 is 11.6 Å². The van der Waals surface area contributed by atoms with Crippen LogP contribution in [0.5, 0.6) is 0 Å². The van der Waals surface area contributed by atoms with Crippen molar-refractivity contribution in [2.45, 2.75) is 11.4 Å². The van der Waals surface area contributed by atoms with Gasteiger partial charge in [0, 0.05) is 29.8 Å². The number of benzene rings is 2. The Kier molecular flexibility index (Phi) is 5.22. The van der Waals surface area contributed by atoms with Gasteiger partial charge in [-0.3, -0.25) is 10.1 Å². The van der Waals surface area contributed by atoms with Crippen LogP contribution in [0.15, 0.2) is 57.9 Å². The van der Waals surface area contributed by atoms with Crippen molar-refractivity contribution < 1.29 is 17.9 Å². The van der Waals surface area contributed by atoms with Crippen molar-refractivity contribution in [3.05, 3.63) is 69.6 Å². The Morgan fingerprint density at radius 2 is 1.93 bits per heavy atom. The molecule has 0 saturated heterocycles. The maximum absolute atomic E-state index is 12.6. The molecular weight excluding hydrogens is 396 g/mol. The second kappa shape index (κ2) is 7.43. The third-order valence-electron chi connectivity index (χ3n) is 3.66. The monoisotopic (exact) mass is 408 g/mol. The van der Waals surface area contributed by atoms with Crippen molar-refractivity contribution in [1.29, 1.82) is 0 Å². The maximum atomic E-state index is 12.6. The molecule has 9 nitrogen and oxygen atoms in total. The van der Waals surface area contributed by atoms with Crippen LogP contribution in [0.4, 0.5) is 5.69 Å². The number of hydrogen-bond donors (Lipinski definition) is 0. The molecule has 27 heavy (non-hydrogen) atoms. The zero-order valence-electron chi connectivity index (χ0n) is 13.9. The standard InChI is InChI=1S/C16H13ClN4O5S/c1-20(27(24,25)14-7-5-13(6-8-14)21(22)23)10-15-18-16(19-26-15)11-3-2-4-12(17)9-11/h2-9H,10H2,1H3. The van der Waals surface area contributed by atoms with Gasteiger partial charge in [-0.2, -0.15) is 9.29 Å². The Hall–Kier alpha value is -2.82. The van der Waals surface area contributed by atoms with Gasteiger partial charge in [-0.05, 0) is 24.3 Å². The lowest BCUT2D eigenvalue weighted by molar-refractivity contribution is -0.384. The van der Waals surface area contributed by atoms with E-state index < -0.39 is 14.9 Å². The minimum Gasteiger partial charge on any atom is -0.338 e. The van der Waals surface area contributed by atoms with Gasteiger partial charge in [-0.25, -0.2) is 8.42 Å². The predicted octanol–water partition coefficient (Wildman–Crippen LogP) is 3.12. The minimum absolute atomic E-state index is 0.0785. The summed E-state index contributed by atoms with van der Waals surface area (Å²) in [7, 11) is -2.53. The van der Waals surface area contributed by atoms with Crippen LogP contribution in [0.2, 0.25) is 5.02 Å². The van der Waals surface area contributed by atoms with Crippen molar-refractivity contribution in [1.82, 2.24) is 14.4 Å². The van der Waals surface area contributed by atoms with Crippen LogP contribution in [0.1, 0.15) is 5.89 Å². The summed E-state index contributed by atoms with van der Waals surface area (Å²) in [6.45, 7) is -0.160. The first-order chi connectivity index (χ1) is 12.8. The molecule has 140 valence electrons. The van der Waals surface area contributed by atoms with Crippen LogP contribution in [0.25, 0.3) is 11.4 Å². The quantitative estimate of drug-likeness (QED) is 0.454. The third kappa shape index (κ3) is 4.13. The number of hydrogen-bond acceptors (Lipinski definition) is 7. The Morgan fingerprint density at radius 1 is 1.22 bits per heavy atom. The molecule has 3 aromatic rings. The summed E-state index contributed by atoms with van der Waals surface area (Å²) in [5.74, 6) is 0.381. The van der Waals surface area contributed by atoms with E-state index in [1.807, 2.05) is 0 Å². The summed E-state index contributed by atoms with van der Waals surface area (Å²) < 4.78 is 31.3. The van der Waals surface area contributed by atoms with Gasteiger partial charge in [-0.1, -0.05) is 28.9 Å². The van der Waals surface area contributed by atoms with Crippen LogP contribution in [0, 0.1) is 10.1 Å². The molecule has 0 aliphatic heterocycles. The summed E-state index contributed by atoms with van der Waals surface area (Å²) in [5, 5.41) is 15.0. The van der Waals surface area contributed by atoms with Crippen LogP contribution in [-0.2, 0) is 16.6 Å². The molecule has 0 atom stereocenters. The summed E-state index contributed by atoms with van der Waals surface area (Å²) in [6, 6.07) is 11.5. The Balaban J connectivity index is 1.78. The predicted molar refractivity (Wildman–Crippen MR) is 96.5 cm³/mol. The number of non-ortho nitro benzene ring substituents is 1. The van der Waals surface area contributed by atoms with E-state index in [-0.39, 0.29) is 28.8 Å². The molecule has 0 unspecified atom stereocenters. The van der Waals surface area contributed by atoms with E-state index in [0.29, 0.717) is 10.6 Å². The van der Waals surface area contributed by atoms with Gasteiger partial charge in [0.25, 0.3) is 5.69 Å². The number of aromatic nitrogens is 2. The van der Waals surface area contributed by atoms with Crippen molar-refractivity contribution >= 4 is 27.3 Å². The highest BCUT2D eigenvalue weighted by Crippen LogP contribution is 2.22. The molecule has 1 aromatic heterocycles. The molecule has 0 fully saturated rings. The topological polar surface area (TPSA) is 119 Å². The molecule has 0 amide bonds. The van der Waals surface area contributed by atoms with E-state index in [1.54, 1.807) is 24.3 Å². The van der Waals surface area contributed by atoms with E-state index in [2.05, 4.69) is 10.1 Å². The molecule has 0 spiro atoms. The Bertz CT molecular complexity index is 1080. The van der Waals surface area contributed by atoms with Crippen molar-refractivity contribution in [2.75, 3.05) is 7.05 Å². The van der Waals surface area contributed by atoms with Gasteiger partial charge in [0.05, 0.1) is 16.4 Å². The molecular formula is C16H13ClN4O5S. The second-order valence-electron chi connectivity index (χ2n) is 5.53. The number of rotatable bonds is 6. The van der Waals surface area contributed by atoms with Crippen molar-refractivity contribution in [2.24, 2.45) is 0 Å². The first kappa shape index (κ1) is 19.0. The number of halogens is 1. The van der Waals surface area contributed by atoms with Gasteiger partial charge in [0.1, 0.15) is 0 Å². The maximum Gasteiger partial charge on any atom is 0.269 e. The van der Waals surface area contributed by atoms with E-state index in [4.69, 9.17) is 16.1 Å². The molecule has 0 N–H and O–H groups in total. The fraction of sp³-hybridized carbons (Fsp3) is 0.125. The number of nitrogens with zero attached hydrogens (tertiary/aromatic N) is 4. The molecule has 0 bridgehead atoms. The van der Waals surface area contributed by atoms with E-state index >= 15 is 0 Å². The van der Waals surface area contributed by atoms with Gasteiger partial charge in [-0.15, -0.1) is 0 Å². The molecule has 3 rings (SSSR count). The number of nitro benzene ring substituents is 1. The first-order valence-electron chi connectivity index (χ1n) is 7.57. The van der Waals surface area contributed by atoms with Gasteiger partial charge in [0.2, 0.25) is 21.7 Å². The number of nitro groups is 1. The Morgan fingerprint density at radius 3 is 2.56 bits per heavy atom. The second-order valence-corrected chi connectivity index (χ2v) is 8.02. The lowest BCUT2D eigenvalue weighted by atomic mass is 10.2. The van der Waals surface area contributed by atoms with Crippen molar-refractivity contribution in [3.63, 3.8) is 0 Å². The molecule has 0 aliphatic carbocycles. The van der Waals surface area contributed by atoms with E-state index in [1.165, 1.54) is 19.2 Å². The Labute approximate surface area is 159 Å². The first-order valence-corrected chi connectivity index (χ1v) is 9.38. The highest BCUT2D eigenvalue weighted by atomic mass is 35.5. The summed E-state index contributed by atoms with van der Waals surface area (Å²) >= 11 is 5.93. The zero-order valence-corrected chi connectivity index (χ0v) is 15.5. The van der Waals surface area contributed by atoms with Crippen LogP contribution in [-0.4, -0.2) is 34.8 Å².